The Morgan fingerprint density at radius 1 is 1.19 bits per heavy atom. The SMILES string of the molecule is CCOc1ncccc1C(=O)Nc1sc(C)c(-c2ccccc2)c1C(N)=O. The number of ether oxygens (including phenoxy) is 1. The Kier molecular flexibility index (Phi) is 5.52. The van der Waals surface area contributed by atoms with Gasteiger partial charge in [-0.05, 0) is 31.5 Å². The first-order valence-corrected chi connectivity index (χ1v) is 9.22. The van der Waals surface area contributed by atoms with Crippen molar-refractivity contribution in [3.05, 3.63) is 64.7 Å². The van der Waals surface area contributed by atoms with Crippen molar-refractivity contribution in [1.82, 2.24) is 4.98 Å². The number of anilines is 1. The third kappa shape index (κ3) is 3.83. The maximum absolute atomic E-state index is 12.8. The molecule has 3 aromatic rings. The van der Waals surface area contributed by atoms with Crippen molar-refractivity contribution in [2.75, 3.05) is 11.9 Å². The first kappa shape index (κ1) is 18.6. The molecule has 2 heterocycles. The zero-order chi connectivity index (χ0) is 19.4. The number of carbonyl (C=O) groups excluding carboxylic acids is 2. The van der Waals surface area contributed by atoms with Crippen LogP contribution < -0.4 is 15.8 Å². The first-order valence-electron chi connectivity index (χ1n) is 8.40. The summed E-state index contributed by atoms with van der Waals surface area (Å²) in [6.45, 7) is 4.10. The van der Waals surface area contributed by atoms with Gasteiger partial charge in [0.05, 0.1) is 12.2 Å². The van der Waals surface area contributed by atoms with E-state index in [-0.39, 0.29) is 5.88 Å². The minimum Gasteiger partial charge on any atom is -0.477 e. The van der Waals surface area contributed by atoms with Gasteiger partial charge in [0.15, 0.2) is 0 Å². The molecule has 138 valence electrons. The number of nitrogens with two attached hydrogens (primary N) is 1. The van der Waals surface area contributed by atoms with Crippen LogP contribution in [-0.4, -0.2) is 23.4 Å². The lowest BCUT2D eigenvalue weighted by Gasteiger charge is -2.09. The maximum Gasteiger partial charge on any atom is 0.261 e. The molecule has 0 saturated heterocycles. The summed E-state index contributed by atoms with van der Waals surface area (Å²) in [5.41, 5.74) is 7.84. The minimum atomic E-state index is -0.593. The van der Waals surface area contributed by atoms with Gasteiger partial charge in [0.2, 0.25) is 5.88 Å². The van der Waals surface area contributed by atoms with Crippen LogP contribution in [0.3, 0.4) is 0 Å². The summed E-state index contributed by atoms with van der Waals surface area (Å²) in [4.78, 5) is 29.9. The fraction of sp³-hybridized carbons (Fsp3) is 0.150. The highest BCUT2D eigenvalue weighted by Crippen LogP contribution is 2.39. The van der Waals surface area contributed by atoms with Crippen LogP contribution in [0.4, 0.5) is 5.00 Å². The standard InChI is InChI=1S/C20H19N3O3S/c1-3-26-19-14(10-7-11-22-19)18(25)23-20-16(17(21)24)15(12(2)27-20)13-8-5-4-6-9-13/h4-11H,3H2,1-2H3,(H2,21,24)(H,23,25). The predicted molar refractivity (Wildman–Crippen MR) is 106 cm³/mol. The second-order valence-electron chi connectivity index (χ2n) is 5.71. The largest absolute Gasteiger partial charge is 0.477 e. The van der Waals surface area contributed by atoms with Crippen LogP contribution in [0.15, 0.2) is 48.7 Å². The highest BCUT2D eigenvalue weighted by Gasteiger charge is 2.24. The van der Waals surface area contributed by atoms with E-state index in [1.165, 1.54) is 11.3 Å². The summed E-state index contributed by atoms with van der Waals surface area (Å²) < 4.78 is 5.41. The molecular weight excluding hydrogens is 362 g/mol. The monoisotopic (exact) mass is 381 g/mol. The smallest absolute Gasteiger partial charge is 0.261 e. The van der Waals surface area contributed by atoms with Crippen molar-refractivity contribution in [3.63, 3.8) is 0 Å². The third-order valence-corrected chi connectivity index (χ3v) is 4.94. The Hall–Kier alpha value is -3.19. The maximum atomic E-state index is 12.8. The van der Waals surface area contributed by atoms with E-state index in [1.54, 1.807) is 18.3 Å². The number of aryl methyl sites for hydroxylation is 1. The molecule has 0 saturated carbocycles. The van der Waals surface area contributed by atoms with E-state index in [9.17, 15) is 9.59 Å². The highest BCUT2D eigenvalue weighted by atomic mass is 32.1. The third-order valence-electron chi connectivity index (χ3n) is 3.92. The number of thiophene rings is 1. The fourth-order valence-corrected chi connectivity index (χ4v) is 3.88. The molecule has 0 bridgehead atoms. The Morgan fingerprint density at radius 3 is 2.59 bits per heavy atom. The molecule has 2 amide bonds. The second kappa shape index (κ2) is 8.01. The average molecular weight is 381 g/mol. The summed E-state index contributed by atoms with van der Waals surface area (Å²) in [6.07, 6.45) is 1.55. The number of nitrogens with one attached hydrogen (secondary N) is 1. The molecule has 6 nitrogen and oxygen atoms in total. The zero-order valence-electron chi connectivity index (χ0n) is 15.0. The Balaban J connectivity index is 2.01. The van der Waals surface area contributed by atoms with Gasteiger partial charge < -0.3 is 15.8 Å². The molecule has 27 heavy (non-hydrogen) atoms. The number of carbonyl (C=O) groups is 2. The van der Waals surface area contributed by atoms with E-state index in [2.05, 4.69) is 10.3 Å². The van der Waals surface area contributed by atoms with Crippen LogP contribution in [0, 0.1) is 6.92 Å². The number of benzene rings is 1. The molecular formula is C20H19N3O3S. The topological polar surface area (TPSA) is 94.3 Å². The lowest BCUT2D eigenvalue weighted by molar-refractivity contribution is 0.100. The number of amides is 2. The van der Waals surface area contributed by atoms with Crippen molar-refractivity contribution in [2.45, 2.75) is 13.8 Å². The minimum absolute atomic E-state index is 0.245. The van der Waals surface area contributed by atoms with Crippen LogP contribution in [0.25, 0.3) is 11.1 Å². The number of nitrogens with zero attached hydrogens (tertiary/aromatic N) is 1. The molecule has 0 aliphatic heterocycles. The summed E-state index contributed by atoms with van der Waals surface area (Å²) in [5, 5.41) is 3.21. The molecule has 0 radical (unpaired) electrons. The number of hydrogen-bond acceptors (Lipinski definition) is 5. The summed E-state index contributed by atoms with van der Waals surface area (Å²) in [7, 11) is 0. The van der Waals surface area contributed by atoms with E-state index in [4.69, 9.17) is 10.5 Å². The summed E-state index contributed by atoms with van der Waals surface area (Å²) >= 11 is 1.31. The molecule has 3 rings (SSSR count). The summed E-state index contributed by atoms with van der Waals surface area (Å²) in [6, 6.07) is 12.8. The van der Waals surface area contributed by atoms with Crippen molar-refractivity contribution in [2.24, 2.45) is 5.73 Å². The lowest BCUT2D eigenvalue weighted by Crippen LogP contribution is -2.18. The van der Waals surface area contributed by atoms with Crippen LogP contribution in [0.1, 0.15) is 32.5 Å². The molecule has 0 aliphatic carbocycles. The van der Waals surface area contributed by atoms with Crippen molar-refractivity contribution in [1.29, 1.82) is 0 Å². The van der Waals surface area contributed by atoms with Gasteiger partial charge in [-0.15, -0.1) is 11.3 Å². The van der Waals surface area contributed by atoms with E-state index in [0.29, 0.717) is 22.7 Å². The first-order chi connectivity index (χ1) is 13.0. The number of pyridine rings is 1. The molecule has 0 atom stereocenters. The Labute approximate surface area is 161 Å². The molecule has 2 aromatic heterocycles. The molecule has 0 aliphatic rings. The molecule has 3 N–H and O–H groups in total. The van der Waals surface area contributed by atoms with Crippen LogP contribution in [0.5, 0.6) is 5.88 Å². The van der Waals surface area contributed by atoms with E-state index < -0.39 is 11.8 Å². The predicted octanol–water partition coefficient (Wildman–Crippen LogP) is 3.87. The van der Waals surface area contributed by atoms with Crippen LogP contribution in [-0.2, 0) is 0 Å². The van der Waals surface area contributed by atoms with Gasteiger partial charge in [-0.25, -0.2) is 4.98 Å². The van der Waals surface area contributed by atoms with Crippen molar-refractivity contribution in [3.8, 4) is 17.0 Å². The van der Waals surface area contributed by atoms with E-state index in [1.807, 2.05) is 44.2 Å². The van der Waals surface area contributed by atoms with Gasteiger partial charge in [0, 0.05) is 16.6 Å². The van der Waals surface area contributed by atoms with Gasteiger partial charge in [-0.1, -0.05) is 30.3 Å². The lowest BCUT2D eigenvalue weighted by atomic mass is 10.0. The van der Waals surface area contributed by atoms with Gasteiger partial charge >= 0.3 is 0 Å². The zero-order valence-corrected chi connectivity index (χ0v) is 15.8. The molecule has 0 unspecified atom stereocenters. The Morgan fingerprint density at radius 2 is 1.93 bits per heavy atom. The van der Waals surface area contributed by atoms with E-state index >= 15 is 0 Å². The fourth-order valence-electron chi connectivity index (χ4n) is 2.81. The highest BCUT2D eigenvalue weighted by molar-refractivity contribution is 7.17. The van der Waals surface area contributed by atoms with Crippen LogP contribution in [0.2, 0.25) is 0 Å². The molecule has 7 heteroatoms. The Bertz CT molecular complexity index is 983. The second-order valence-corrected chi connectivity index (χ2v) is 6.94. The van der Waals surface area contributed by atoms with Gasteiger partial charge in [-0.3, -0.25) is 9.59 Å². The van der Waals surface area contributed by atoms with Crippen LogP contribution >= 0.6 is 11.3 Å². The number of hydrogen-bond donors (Lipinski definition) is 2. The number of aromatic nitrogens is 1. The molecule has 1 aromatic carbocycles. The van der Waals surface area contributed by atoms with Gasteiger partial charge in [-0.2, -0.15) is 0 Å². The average Bonchev–Trinajstić information content (AvgIpc) is 2.99. The quantitative estimate of drug-likeness (QED) is 0.678. The number of primary amides is 1. The van der Waals surface area contributed by atoms with Gasteiger partial charge in [0.25, 0.3) is 11.8 Å². The van der Waals surface area contributed by atoms with Crippen molar-refractivity contribution >= 4 is 28.2 Å². The molecule has 0 fully saturated rings. The van der Waals surface area contributed by atoms with E-state index in [0.717, 1.165) is 16.0 Å². The van der Waals surface area contributed by atoms with Gasteiger partial charge in [0.1, 0.15) is 10.6 Å². The normalized spacial score (nSPS) is 10.4. The number of rotatable bonds is 6. The van der Waals surface area contributed by atoms with Crippen molar-refractivity contribution < 1.29 is 14.3 Å². The summed E-state index contributed by atoms with van der Waals surface area (Å²) in [5.74, 6) is -0.755. The molecule has 0 spiro atoms.